The van der Waals surface area contributed by atoms with Gasteiger partial charge in [-0.05, 0) is 54.2 Å². The number of hydrogen-bond donors (Lipinski definition) is 2. The third-order valence-corrected chi connectivity index (χ3v) is 4.58. The predicted molar refractivity (Wildman–Crippen MR) is 103 cm³/mol. The molecule has 3 aromatic rings. The van der Waals surface area contributed by atoms with Crippen molar-refractivity contribution in [2.24, 2.45) is 0 Å². The van der Waals surface area contributed by atoms with E-state index in [1.165, 1.54) is 30.2 Å². The maximum Gasteiger partial charge on any atom is 0.210 e. The molecule has 25 heavy (non-hydrogen) atoms. The van der Waals surface area contributed by atoms with Gasteiger partial charge in [-0.3, -0.25) is 5.43 Å². The van der Waals surface area contributed by atoms with E-state index < -0.39 is 0 Å². The zero-order valence-corrected chi connectivity index (χ0v) is 15.2. The van der Waals surface area contributed by atoms with Crippen LogP contribution in [-0.2, 0) is 5.75 Å². The number of thiocarbonyl (C=S) groups is 1. The summed E-state index contributed by atoms with van der Waals surface area (Å²) in [5.74, 6) is 0.416. The first kappa shape index (κ1) is 17.7. The topological polar surface area (TPSA) is 54.8 Å². The van der Waals surface area contributed by atoms with Crippen LogP contribution in [0, 0.1) is 5.82 Å². The summed E-state index contributed by atoms with van der Waals surface area (Å²) in [5, 5.41) is 12.6. The van der Waals surface area contributed by atoms with E-state index in [0.29, 0.717) is 21.0 Å². The molecule has 3 rings (SSSR count). The minimum atomic E-state index is -0.302. The van der Waals surface area contributed by atoms with Crippen LogP contribution in [0.1, 0.15) is 5.56 Å². The number of hydrogen-bond acceptors (Lipinski definition) is 4. The summed E-state index contributed by atoms with van der Waals surface area (Å²) in [6, 6.07) is 13.5. The van der Waals surface area contributed by atoms with Gasteiger partial charge in [0.25, 0.3) is 0 Å². The highest BCUT2D eigenvalue weighted by atomic mass is 35.5. The van der Waals surface area contributed by atoms with Crippen LogP contribution in [-0.4, -0.2) is 20.0 Å². The average molecular weight is 394 g/mol. The lowest BCUT2D eigenvalue weighted by Crippen LogP contribution is -2.27. The Morgan fingerprint density at radius 1 is 1.16 bits per heavy atom. The van der Waals surface area contributed by atoms with Crippen molar-refractivity contribution < 1.29 is 4.39 Å². The fourth-order valence-electron chi connectivity index (χ4n) is 1.93. The molecule has 0 aliphatic carbocycles. The maximum atomic E-state index is 12.9. The van der Waals surface area contributed by atoms with Gasteiger partial charge >= 0.3 is 0 Å². The van der Waals surface area contributed by atoms with E-state index >= 15 is 0 Å². The average Bonchev–Trinajstić information content (AvgIpc) is 3.03. The Labute approximate surface area is 158 Å². The number of rotatable bonds is 5. The van der Waals surface area contributed by atoms with Crippen molar-refractivity contribution in [3.8, 4) is 0 Å². The molecule has 0 radical (unpaired) electrons. The first-order valence-electron chi connectivity index (χ1n) is 7.21. The fourth-order valence-corrected chi connectivity index (χ4v) is 3.10. The Hall–Kier alpha value is -2.16. The molecule has 0 fully saturated rings. The van der Waals surface area contributed by atoms with Gasteiger partial charge in [0.1, 0.15) is 12.1 Å². The second kappa shape index (κ2) is 8.28. The standard InChI is InChI=1S/C16H13ClFN5S2/c17-12-3-1-11(2-4-12)9-25-16-21-19-10-23(16)22-15(24)20-14-7-5-13(18)6-8-14/h1-8,10H,9H2,(H2,20,22,24). The number of anilines is 1. The van der Waals surface area contributed by atoms with Gasteiger partial charge in [0.15, 0.2) is 5.11 Å². The Balaban J connectivity index is 1.58. The zero-order chi connectivity index (χ0) is 17.6. The van der Waals surface area contributed by atoms with Gasteiger partial charge in [0.05, 0.1) is 0 Å². The molecule has 1 heterocycles. The largest absolute Gasteiger partial charge is 0.331 e. The van der Waals surface area contributed by atoms with Crippen molar-refractivity contribution in [1.29, 1.82) is 0 Å². The van der Waals surface area contributed by atoms with Crippen molar-refractivity contribution in [3.63, 3.8) is 0 Å². The van der Waals surface area contributed by atoms with Gasteiger partial charge in [0, 0.05) is 16.5 Å². The summed E-state index contributed by atoms with van der Waals surface area (Å²) in [7, 11) is 0. The highest BCUT2D eigenvalue weighted by Gasteiger charge is 2.07. The van der Waals surface area contributed by atoms with E-state index in [1.807, 2.05) is 24.3 Å². The zero-order valence-electron chi connectivity index (χ0n) is 12.8. The molecule has 5 nitrogen and oxygen atoms in total. The molecule has 0 saturated heterocycles. The molecule has 1 aromatic heterocycles. The summed E-state index contributed by atoms with van der Waals surface area (Å²) in [4.78, 5) is 0. The summed E-state index contributed by atoms with van der Waals surface area (Å²) in [6.45, 7) is 0. The highest BCUT2D eigenvalue weighted by molar-refractivity contribution is 7.98. The molecule has 0 aliphatic heterocycles. The molecule has 0 saturated carbocycles. The van der Waals surface area contributed by atoms with Crippen LogP contribution in [0.25, 0.3) is 0 Å². The molecule has 0 bridgehead atoms. The van der Waals surface area contributed by atoms with Crippen molar-refractivity contribution in [1.82, 2.24) is 14.9 Å². The quantitative estimate of drug-likeness (QED) is 0.498. The number of benzene rings is 2. The molecule has 2 aromatic carbocycles. The molecule has 128 valence electrons. The van der Waals surface area contributed by atoms with Crippen molar-refractivity contribution >= 4 is 46.4 Å². The summed E-state index contributed by atoms with van der Waals surface area (Å²) < 4.78 is 14.5. The van der Waals surface area contributed by atoms with Crippen molar-refractivity contribution in [3.05, 3.63) is 71.3 Å². The van der Waals surface area contributed by atoms with Crippen molar-refractivity contribution in [2.75, 3.05) is 10.7 Å². The van der Waals surface area contributed by atoms with E-state index in [4.69, 9.17) is 23.8 Å². The second-order valence-electron chi connectivity index (χ2n) is 4.97. The third kappa shape index (κ3) is 5.15. The maximum absolute atomic E-state index is 12.9. The van der Waals surface area contributed by atoms with Gasteiger partial charge in [-0.15, -0.1) is 10.2 Å². The number of halogens is 2. The van der Waals surface area contributed by atoms with E-state index in [0.717, 1.165) is 11.3 Å². The molecule has 2 N–H and O–H groups in total. The minimum Gasteiger partial charge on any atom is -0.331 e. The third-order valence-electron chi connectivity index (χ3n) is 3.12. The van der Waals surface area contributed by atoms with Crippen LogP contribution in [0.3, 0.4) is 0 Å². The lowest BCUT2D eigenvalue weighted by Gasteiger charge is -2.12. The smallest absolute Gasteiger partial charge is 0.210 e. The van der Waals surface area contributed by atoms with Crippen LogP contribution < -0.4 is 10.7 Å². The van der Waals surface area contributed by atoms with Crippen LogP contribution in [0.5, 0.6) is 0 Å². The molecular formula is C16H13ClFN5S2. The molecule has 0 spiro atoms. The Bertz CT molecular complexity index is 852. The normalized spacial score (nSPS) is 10.5. The van der Waals surface area contributed by atoms with Gasteiger partial charge < -0.3 is 5.32 Å². The number of nitrogens with one attached hydrogen (secondary N) is 2. The highest BCUT2D eigenvalue weighted by Crippen LogP contribution is 2.21. The lowest BCUT2D eigenvalue weighted by atomic mass is 10.2. The summed E-state index contributed by atoms with van der Waals surface area (Å²) in [5.41, 5.74) is 4.78. The molecule has 0 aliphatic rings. The summed E-state index contributed by atoms with van der Waals surface area (Å²) >= 11 is 12.6. The van der Waals surface area contributed by atoms with Crippen LogP contribution in [0.4, 0.5) is 10.1 Å². The number of aromatic nitrogens is 3. The number of nitrogens with zero attached hydrogens (tertiary/aromatic N) is 3. The van der Waals surface area contributed by atoms with Gasteiger partial charge in [-0.25, -0.2) is 9.07 Å². The van der Waals surface area contributed by atoms with E-state index in [-0.39, 0.29) is 5.82 Å². The van der Waals surface area contributed by atoms with E-state index in [1.54, 1.807) is 16.8 Å². The van der Waals surface area contributed by atoms with Crippen LogP contribution in [0.15, 0.2) is 60.0 Å². The fraction of sp³-hybridized carbons (Fsp3) is 0.0625. The van der Waals surface area contributed by atoms with Gasteiger partial charge in [0.2, 0.25) is 5.16 Å². The molecule has 0 amide bonds. The molecule has 0 atom stereocenters. The predicted octanol–water partition coefficient (Wildman–Crippen LogP) is 4.30. The van der Waals surface area contributed by atoms with Crippen molar-refractivity contribution in [2.45, 2.75) is 10.9 Å². The van der Waals surface area contributed by atoms with Gasteiger partial charge in [-0.2, -0.15) is 0 Å². The minimum absolute atomic E-state index is 0.302. The monoisotopic (exact) mass is 393 g/mol. The Morgan fingerprint density at radius 2 is 1.88 bits per heavy atom. The second-order valence-corrected chi connectivity index (χ2v) is 6.76. The lowest BCUT2D eigenvalue weighted by molar-refractivity contribution is 0.628. The SMILES string of the molecule is Fc1ccc(NC(=S)Nn2cnnc2SCc2ccc(Cl)cc2)cc1. The molecule has 0 unspecified atom stereocenters. The van der Waals surface area contributed by atoms with E-state index in [2.05, 4.69) is 20.9 Å². The van der Waals surface area contributed by atoms with E-state index in [9.17, 15) is 4.39 Å². The molecular weight excluding hydrogens is 381 g/mol. The Kier molecular flexibility index (Phi) is 5.85. The Morgan fingerprint density at radius 3 is 2.60 bits per heavy atom. The first-order chi connectivity index (χ1) is 12.1. The van der Waals surface area contributed by atoms with Crippen LogP contribution >= 0.6 is 35.6 Å². The van der Waals surface area contributed by atoms with Crippen LogP contribution in [0.2, 0.25) is 5.02 Å². The number of thioether (sulfide) groups is 1. The van der Waals surface area contributed by atoms with Gasteiger partial charge in [-0.1, -0.05) is 35.5 Å². The summed E-state index contributed by atoms with van der Waals surface area (Å²) in [6.07, 6.45) is 1.53. The molecule has 9 heteroatoms. The first-order valence-corrected chi connectivity index (χ1v) is 8.98.